The Morgan fingerprint density at radius 1 is 0.889 bits per heavy atom. The summed E-state index contributed by atoms with van der Waals surface area (Å²) < 4.78 is 1.42. The molecule has 0 bridgehead atoms. The molecule has 0 spiro atoms. The number of nitrogens with zero attached hydrogens (tertiary/aromatic N) is 4. The van der Waals surface area contributed by atoms with Crippen LogP contribution in [0, 0.1) is 35.5 Å². The lowest BCUT2D eigenvalue weighted by Crippen LogP contribution is -2.23. The van der Waals surface area contributed by atoms with E-state index >= 15 is 0 Å². The van der Waals surface area contributed by atoms with Gasteiger partial charge in [0.25, 0.3) is 5.56 Å². The first-order valence-corrected chi connectivity index (χ1v) is 12.3. The Bertz CT molecular complexity index is 1620. The standard InChI is InChI=1S/C29H21N5OS/c1-19-12-14-20(15-13-19)24-18-36-29(32-24)34-28(35)26(27(33-34)22-10-6-3-7-11-22)25(23(16-30)17-31)21-8-4-2-5-9-21/h2-15,18,23,25,33H,1H3/t25-/m0/s1. The van der Waals surface area contributed by atoms with Crippen LogP contribution in [0.5, 0.6) is 0 Å². The third-order valence-corrected chi connectivity index (χ3v) is 6.93. The lowest BCUT2D eigenvalue weighted by atomic mass is 9.81. The van der Waals surface area contributed by atoms with Crippen LogP contribution in [0.4, 0.5) is 0 Å². The topological polar surface area (TPSA) is 98.3 Å². The molecular weight excluding hydrogens is 466 g/mol. The number of aromatic nitrogens is 3. The first-order valence-electron chi connectivity index (χ1n) is 11.4. The van der Waals surface area contributed by atoms with Crippen molar-refractivity contribution in [3.63, 3.8) is 0 Å². The van der Waals surface area contributed by atoms with Crippen LogP contribution in [0.2, 0.25) is 0 Å². The molecule has 0 aliphatic heterocycles. The highest BCUT2D eigenvalue weighted by Crippen LogP contribution is 2.36. The monoisotopic (exact) mass is 487 g/mol. The molecule has 0 unspecified atom stereocenters. The van der Waals surface area contributed by atoms with Gasteiger partial charge in [-0.1, -0.05) is 90.5 Å². The Hall–Kier alpha value is -4.72. The summed E-state index contributed by atoms with van der Waals surface area (Å²) in [5.41, 5.74) is 5.00. The molecule has 0 fully saturated rings. The van der Waals surface area contributed by atoms with E-state index in [1.54, 1.807) is 0 Å². The number of aromatic amines is 1. The summed E-state index contributed by atoms with van der Waals surface area (Å²) in [4.78, 5) is 18.7. The van der Waals surface area contributed by atoms with Gasteiger partial charge in [-0.3, -0.25) is 9.89 Å². The number of H-pyrrole nitrogens is 1. The highest BCUT2D eigenvalue weighted by Gasteiger charge is 2.33. The van der Waals surface area contributed by atoms with Crippen molar-refractivity contribution < 1.29 is 0 Å². The van der Waals surface area contributed by atoms with Crippen molar-refractivity contribution in [3.05, 3.63) is 117 Å². The van der Waals surface area contributed by atoms with Crippen LogP contribution < -0.4 is 5.56 Å². The zero-order valence-electron chi connectivity index (χ0n) is 19.4. The largest absolute Gasteiger partial charge is 0.288 e. The highest BCUT2D eigenvalue weighted by atomic mass is 32.1. The number of hydrogen-bond donors (Lipinski definition) is 1. The van der Waals surface area contributed by atoms with E-state index in [-0.39, 0.29) is 5.56 Å². The Morgan fingerprint density at radius 3 is 2.17 bits per heavy atom. The van der Waals surface area contributed by atoms with E-state index in [4.69, 9.17) is 4.98 Å². The van der Waals surface area contributed by atoms with Crippen molar-refractivity contribution in [1.82, 2.24) is 14.8 Å². The zero-order chi connectivity index (χ0) is 25.1. The summed E-state index contributed by atoms with van der Waals surface area (Å²) in [5, 5.41) is 25.3. The fourth-order valence-electron chi connectivity index (χ4n) is 4.29. The smallest absolute Gasteiger partial charge is 0.277 e. The van der Waals surface area contributed by atoms with E-state index in [0.717, 1.165) is 27.9 Å². The van der Waals surface area contributed by atoms with Crippen molar-refractivity contribution in [2.75, 3.05) is 0 Å². The fraction of sp³-hybridized carbons (Fsp3) is 0.103. The SMILES string of the molecule is Cc1ccc(-c2csc(-n3[nH]c(-c4ccccc4)c([C@@H](c4ccccc4)C(C#N)C#N)c3=O)n2)cc1. The van der Waals surface area contributed by atoms with Crippen LogP contribution in [0.15, 0.2) is 95.1 Å². The van der Waals surface area contributed by atoms with Gasteiger partial charge in [-0.05, 0) is 18.1 Å². The number of rotatable bonds is 6. The first-order chi connectivity index (χ1) is 17.6. The summed E-state index contributed by atoms with van der Waals surface area (Å²) in [6.45, 7) is 2.03. The molecule has 0 aliphatic rings. The van der Waals surface area contributed by atoms with Crippen molar-refractivity contribution >= 4 is 11.3 Å². The zero-order valence-corrected chi connectivity index (χ0v) is 20.2. The van der Waals surface area contributed by atoms with Crippen molar-refractivity contribution in [3.8, 4) is 39.8 Å². The lowest BCUT2D eigenvalue weighted by Gasteiger charge is -2.17. The molecule has 1 N–H and O–H groups in total. The van der Waals surface area contributed by atoms with Crippen LogP contribution in [0.25, 0.3) is 27.6 Å². The lowest BCUT2D eigenvalue weighted by molar-refractivity contribution is 0.703. The fourth-order valence-corrected chi connectivity index (χ4v) is 5.08. The average Bonchev–Trinajstić information content (AvgIpc) is 3.53. The second kappa shape index (κ2) is 9.87. The van der Waals surface area contributed by atoms with E-state index in [2.05, 4.69) is 17.2 Å². The van der Waals surface area contributed by atoms with Crippen LogP contribution in [0.3, 0.4) is 0 Å². The van der Waals surface area contributed by atoms with Gasteiger partial charge in [-0.2, -0.15) is 15.2 Å². The molecular formula is C29H21N5OS. The Kier molecular flexibility index (Phi) is 6.32. The molecule has 2 heterocycles. The molecule has 2 aromatic heterocycles. The number of aryl methyl sites for hydroxylation is 1. The summed E-state index contributed by atoms with van der Waals surface area (Å²) in [7, 11) is 0. The van der Waals surface area contributed by atoms with Crippen LogP contribution in [-0.4, -0.2) is 14.8 Å². The van der Waals surface area contributed by atoms with E-state index < -0.39 is 11.8 Å². The van der Waals surface area contributed by atoms with Crippen LogP contribution in [0.1, 0.15) is 22.6 Å². The molecule has 6 nitrogen and oxygen atoms in total. The number of benzene rings is 3. The van der Waals surface area contributed by atoms with E-state index in [9.17, 15) is 15.3 Å². The summed E-state index contributed by atoms with van der Waals surface area (Å²) in [6.07, 6.45) is 0. The van der Waals surface area contributed by atoms with Gasteiger partial charge in [-0.15, -0.1) is 11.3 Å². The molecule has 36 heavy (non-hydrogen) atoms. The van der Waals surface area contributed by atoms with Crippen molar-refractivity contribution in [2.45, 2.75) is 12.8 Å². The number of nitriles is 2. The predicted molar refractivity (Wildman–Crippen MR) is 141 cm³/mol. The minimum absolute atomic E-state index is 0.331. The summed E-state index contributed by atoms with van der Waals surface area (Å²) >= 11 is 1.35. The Balaban J connectivity index is 1.72. The van der Waals surface area contributed by atoms with Crippen molar-refractivity contribution in [2.24, 2.45) is 5.92 Å². The molecule has 1 atom stereocenters. The minimum atomic E-state index is -1.05. The summed E-state index contributed by atoms with van der Waals surface area (Å²) in [5.74, 6) is -1.79. The molecule has 0 amide bonds. The average molecular weight is 488 g/mol. The van der Waals surface area contributed by atoms with Crippen LogP contribution in [-0.2, 0) is 0 Å². The number of hydrogen-bond acceptors (Lipinski definition) is 5. The van der Waals surface area contributed by atoms with Gasteiger partial charge in [0.15, 0.2) is 0 Å². The maximum absolute atomic E-state index is 14.0. The minimum Gasteiger partial charge on any atom is -0.288 e. The second-order valence-corrected chi connectivity index (χ2v) is 9.25. The molecule has 7 heteroatoms. The highest BCUT2D eigenvalue weighted by molar-refractivity contribution is 7.12. The normalized spacial score (nSPS) is 11.7. The summed E-state index contributed by atoms with van der Waals surface area (Å²) in [6, 6.07) is 31.0. The molecule has 174 valence electrons. The maximum atomic E-state index is 14.0. The molecule has 0 aliphatic carbocycles. The third kappa shape index (κ3) is 4.24. The molecule has 5 aromatic rings. The molecule has 0 saturated carbocycles. The van der Waals surface area contributed by atoms with Gasteiger partial charge in [-0.25, -0.2) is 4.98 Å². The first kappa shape index (κ1) is 23.0. The predicted octanol–water partition coefficient (Wildman–Crippen LogP) is 6.06. The quantitative estimate of drug-likeness (QED) is 0.315. The maximum Gasteiger partial charge on any atom is 0.277 e. The molecule has 0 saturated heterocycles. The molecule has 0 radical (unpaired) electrons. The number of nitrogens with one attached hydrogen (secondary N) is 1. The van der Waals surface area contributed by atoms with E-state index in [1.807, 2.05) is 97.2 Å². The molecule has 3 aromatic carbocycles. The Labute approximate surface area is 212 Å². The van der Waals surface area contributed by atoms with Crippen molar-refractivity contribution in [1.29, 1.82) is 10.5 Å². The molecule has 5 rings (SSSR count). The second-order valence-electron chi connectivity index (χ2n) is 8.41. The van der Waals surface area contributed by atoms with Gasteiger partial charge in [0.1, 0.15) is 5.92 Å². The van der Waals surface area contributed by atoms with E-state index in [0.29, 0.717) is 16.4 Å². The third-order valence-electron chi connectivity index (χ3n) is 6.10. The van der Waals surface area contributed by atoms with Gasteiger partial charge in [0.05, 0.1) is 29.1 Å². The van der Waals surface area contributed by atoms with E-state index in [1.165, 1.54) is 16.0 Å². The Morgan fingerprint density at radius 2 is 1.53 bits per heavy atom. The van der Waals surface area contributed by atoms with Gasteiger partial charge in [0.2, 0.25) is 5.13 Å². The van der Waals surface area contributed by atoms with Gasteiger partial charge in [0, 0.05) is 16.9 Å². The van der Waals surface area contributed by atoms with Crippen LogP contribution >= 0.6 is 11.3 Å². The van der Waals surface area contributed by atoms with Gasteiger partial charge < -0.3 is 0 Å². The number of thiazole rings is 1. The van der Waals surface area contributed by atoms with Gasteiger partial charge >= 0.3 is 0 Å².